The van der Waals surface area contributed by atoms with E-state index in [0.717, 1.165) is 25.4 Å². The largest absolute Gasteiger partial charge is 0.316 e. The molecule has 0 radical (unpaired) electrons. The van der Waals surface area contributed by atoms with Gasteiger partial charge in [0.2, 0.25) is 0 Å². The van der Waals surface area contributed by atoms with E-state index < -0.39 is 0 Å². The SMILES string of the molecule is CCc1cc(CC)c(CCCCNCC(C)C)c(CC)c1. The van der Waals surface area contributed by atoms with Crippen LogP contribution in [-0.4, -0.2) is 13.1 Å². The molecule has 120 valence electrons. The highest BCUT2D eigenvalue weighted by Crippen LogP contribution is 2.22. The highest BCUT2D eigenvalue weighted by molar-refractivity contribution is 5.39. The fourth-order valence-corrected chi connectivity index (χ4v) is 2.97. The van der Waals surface area contributed by atoms with Crippen molar-refractivity contribution < 1.29 is 0 Å². The van der Waals surface area contributed by atoms with Crippen LogP contribution < -0.4 is 5.32 Å². The van der Waals surface area contributed by atoms with Crippen LogP contribution in [-0.2, 0) is 25.7 Å². The maximum atomic E-state index is 3.55. The van der Waals surface area contributed by atoms with Crippen LogP contribution in [0.2, 0.25) is 0 Å². The Labute approximate surface area is 132 Å². The number of nitrogens with one attached hydrogen (secondary N) is 1. The molecule has 0 aliphatic heterocycles. The number of unbranched alkanes of at least 4 members (excludes halogenated alkanes) is 1. The molecule has 21 heavy (non-hydrogen) atoms. The number of hydrogen-bond acceptors (Lipinski definition) is 1. The number of rotatable bonds is 10. The average molecular weight is 290 g/mol. The van der Waals surface area contributed by atoms with Crippen LogP contribution in [0.15, 0.2) is 12.1 Å². The lowest BCUT2D eigenvalue weighted by molar-refractivity contribution is 0.535. The van der Waals surface area contributed by atoms with Crippen molar-refractivity contribution in [3.63, 3.8) is 0 Å². The zero-order valence-corrected chi connectivity index (χ0v) is 14.9. The third kappa shape index (κ3) is 6.22. The lowest BCUT2D eigenvalue weighted by Crippen LogP contribution is -2.20. The molecule has 1 N–H and O–H groups in total. The van der Waals surface area contributed by atoms with Gasteiger partial charge in [-0.15, -0.1) is 0 Å². The van der Waals surface area contributed by atoms with Crippen molar-refractivity contribution in [3.8, 4) is 0 Å². The van der Waals surface area contributed by atoms with E-state index in [4.69, 9.17) is 0 Å². The molecule has 0 aliphatic rings. The summed E-state index contributed by atoms with van der Waals surface area (Å²) in [5.41, 5.74) is 6.31. The van der Waals surface area contributed by atoms with Crippen LogP contribution in [0.1, 0.15) is 69.7 Å². The minimum absolute atomic E-state index is 0.755. The first-order chi connectivity index (χ1) is 10.1. The van der Waals surface area contributed by atoms with Gasteiger partial charge < -0.3 is 5.32 Å². The van der Waals surface area contributed by atoms with Gasteiger partial charge in [-0.2, -0.15) is 0 Å². The zero-order valence-electron chi connectivity index (χ0n) is 14.9. The first-order valence-electron chi connectivity index (χ1n) is 8.96. The third-order valence-corrected chi connectivity index (χ3v) is 4.25. The molecule has 0 amide bonds. The van der Waals surface area contributed by atoms with Crippen molar-refractivity contribution in [1.29, 1.82) is 0 Å². The smallest absolute Gasteiger partial charge is 0.00258 e. The van der Waals surface area contributed by atoms with Gasteiger partial charge >= 0.3 is 0 Å². The van der Waals surface area contributed by atoms with Gasteiger partial charge in [-0.3, -0.25) is 0 Å². The van der Waals surface area contributed by atoms with Crippen molar-refractivity contribution in [3.05, 3.63) is 34.4 Å². The molecular weight excluding hydrogens is 254 g/mol. The Hall–Kier alpha value is -0.820. The van der Waals surface area contributed by atoms with E-state index in [-0.39, 0.29) is 0 Å². The van der Waals surface area contributed by atoms with Gasteiger partial charge in [0.1, 0.15) is 0 Å². The molecule has 0 heterocycles. The van der Waals surface area contributed by atoms with Gasteiger partial charge in [-0.1, -0.05) is 46.8 Å². The summed E-state index contributed by atoms with van der Waals surface area (Å²) in [6, 6.07) is 4.87. The number of hydrogen-bond donors (Lipinski definition) is 1. The normalized spacial score (nSPS) is 11.3. The van der Waals surface area contributed by atoms with Gasteiger partial charge in [0.15, 0.2) is 0 Å². The van der Waals surface area contributed by atoms with Gasteiger partial charge in [0, 0.05) is 0 Å². The van der Waals surface area contributed by atoms with E-state index in [2.05, 4.69) is 52.1 Å². The molecule has 0 aliphatic carbocycles. The molecule has 0 aromatic heterocycles. The van der Waals surface area contributed by atoms with Crippen LogP contribution in [0.25, 0.3) is 0 Å². The predicted molar refractivity (Wildman–Crippen MR) is 95.2 cm³/mol. The summed E-state index contributed by atoms with van der Waals surface area (Å²) in [4.78, 5) is 0. The Morgan fingerprint density at radius 2 is 1.52 bits per heavy atom. The number of aryl methyl sites for hydroxylation is 3. The maximum Gasteiger partial charge on any atom is -0.00258 e. The molecular formula is C20H35N. The highest BCUT2D eigenvalue weighted by Gasteiger charge is 2.08. The van der Waals surface area contributed by atoms with E-state index in [1.807, 2.05) is 0 Å². The topological polar surface area (TPSA) is 12.0 Å². The molecule has 0 atom stereocenters. The van der Waals surface area contributed by atoms with Gasteiger partial charge in [-0.05, 0) is 79.8 Å². The van der Waals surface area contributed by atoms with Gasteiger partial charge in [0.25, 0.3) is 0 Å². The summed E-state index contributed by atoms with van der Waals surface area (Å²) in [5.74, 6) is 0.755. The lowest BCUT2D eigenvalue weighted by Gasteiger charge is -2.16. The summed E-state index contributed by atoms with van der Waals surface area (Å²) >= 11 is 0. The zero-order chi connectivity index (χ0) is 15.7. The van der Waals surface area contributed by atoms with Crippen molar-refractivity contribution in [2.75, 3.05) is 13.1 Å². The second-order valence-electron chi connectivity index (χ2n) is 6.51. The standard InChI is InChI=1S/C20H35N/c1-6-17-13-18(7-2)20(19(8-3)14-17)11-9-10-12-21-15-16(4)5/h13-14,16,21H,6-12,15H2,1-5H3. The molecule has 1 aromatic rings. The molecule has 1 rings (SSSR count). The molecule has 0 spiro atoms. The van der Waals surface area contributed by atoms with Crippen LogP contribution in [0.3, 0.4) is 0 Å². The summed E-state index contributed by atoms with van der Waals surface area (Å²) in [7, 11) is 0. The Morgan fingerprint density at radius 1 is 0.905 bits per heavy atom. The molecule has 1 nitrogen and oxygen atoms in total. The second-order valence-corrected chi connectivity index (χ2v) is 6.51. The fraction of sp³-hybridized carbons (Fsp3) is 0.700. The van der Waals surface area contributed by atoms with E-state index >= 15 is 0 Å². The van der Waals surface area contributed by atoms with E-state index in [0.29, 0.717) is 0 Å². The maximum absolute atomic E-state index is 3.55. The summed E-state index contributed by atoms with van der Waals surface area (Å²) in [6.07, 6.45) is 7.33. The molecule has 0 unspecified atom stereocenters. The van der Waals surface area contributed by atoms with Crippen molar-refractivity contribution in [2.24, 2.45) is 5.92 Å². The summed E-state index contributed by atoms with van der Waals surface area (Å²) in [5, 5.41) is 3.55. The van der Waals surface area contributed by atoms with Crippen LogP contribution in [0.5, 0.6) is 0 Å². The molecule has 1 heteroatoms. The second kappa shape index (κ2) is 10.00. The minimum Gasteiger partial charge on any atom is -0.316 e. The molecule has 0 saturated carbocycles. The van der Waals surface area contributed by atoms with Crippen molar-refractivity contribution in [2.45, 2.75) is 73.1 Å². The van der Waals surface area contributed by atoms with E-state index in [1.165, 1.54) is 37.7 Å². The van der Waals surface area contributed by atoms with Crippen LogP contribution in [0, 0.1) is 5.92 Å². The lowest BCUT2D eigenvalue weighted by atomic mass is 9.90. The van der Waals surface area contributed by atoms with Crippen molar-refractivity contribution >= 4 is 0 Å². The van der Waals surface area contributed by atoms with Gasteiger partial charge in [-0.25, -0.2) is 0 Å². The van der Waals surface area contributed by atoms with Crippen molar-refractivity contribution in [1.82, 2.24) is 5.32 Å². The number of benzene rings is 1. The molecule has 1 aromatic carbocycles. The fourth-order valence-electron chi connectivity index (χ4n) is 2.97. The van der Waals surface area contributed by atoms with E-state index in [9.17, 15) is 0 Å². The average Bonchev–Trinajstić information content (AvgIpc) is 2.49. The van der Waals surface area contributed by atoms with Crippen LogP contribution in [0.4, 0.5) is 0 Å². The first-order valence-corrected chi connectivity index (χ1v) is 8.96. The Balaban J connectivity index is 2.57. The summed E-state index contributed by atoms with van der Waals surface area (Å²) < 4.78 is 0. The molecule has 0 saturated heterocycles. The quantitative estimate of drug-likeness (QED) is 0.601. The predicted octanol–water partition coefficient (Wildman–Crippen LogP) is 4.94. The van der Waals surface area contributed by atoms with E-state index in [1.54, 1.807) is 16.7 Å². The molecule has 0 bridgehead atoms. The summed E-state index contributed by atoms with van der Waals surface area (Å²) in [6.45, 7) is 13.7. The Kier molecular flexibility index (Phi) is 8.68. The third-order valence-electron chi connectivity index (χ3n) is 4.25. The minimum atomic E-state index is 0.755. The van der Waals surface area contributed by atoms with Gasteiger partial charge in [0.05, 0.1) is 0 Å². The highest BCUT2D eigenvalue weighted by atomic mass is 14.8. The first kappa shape index (κ1) is 18.2. The monoisotopic (exact) mass is 289 g/mol. The Bertz CT molecular complexity index is 381. The molecule has 0 fully saturated rings. The van der Waals surface area contributed by atoms with Crippen LogP contribution >= 0.6 is 0 Å². The Morgan fingerprint density at radius 3 is 2.00 bits per heavy atom.